The maximum absolute atomic E-state index is 11.7. The molecule has 1 saturated heterocycles. The van der Waals surface area contributed by atoms with E-state index in [2.05, 4.69) is 5.32 Å². The standard InChI is InChI=1S/C13H20N2O4S/c1-2-20(17,18)15-6-3-11(4-7-15)9-14-13(16)12-5-8-19-10-12/h5,8,10-11H,2-4,6-7,9H2,1H3,(H,14,16). The van der Waals surface area contributed by atoms with Gasteiger partial charge in [-0.15, -0.1) is 0 Å². The van der Waals surface area contributed by atoms with Crippen LogP contribution in [0.5, 0.6) is 0 Å². The van der Waals surface area contributed by atoms with Gasteiger partial charge in [0.15, 0.2) is 0 Å². The minimum absolute atomic E-state index is 0.148. The smallest absolute Gasteiger partial charge is 0.254 e. The number of piperidine rings is 1. The highest BCUT2D eigenvalue weighted by molar-refractivity contribution is 7.89. The van der Waals surface area contributed by atoms with Crippen molar-refractivity contribution in [1.82, 2.24) is 9.62 Å². The molecule has 0 spiro atoms. The van der Waals surface area contributed by atoms with E-state index in [0.29, 0.717) is 31.1 Å². The molecule has 1 aromatic heterocycles. The second-order valence-electron chi connectivity index (χ2n) is 4.97. The SMILES string of the molecule is CCS(=O)(=O)N1CCC(CNC(=O)c2ccoc2)CC1. The molecule has 1 aliphatic heterocycles. The summed E-state index contributed by atoms with van der Waals surface area (Å²) in [4.78, 5) is 11.7. The molecule has 20 heavy (non-hydrogen) atoms. The highest BCUT2D eigenvalue weighted by Crippen LogP contribution is 2.19. The van der Waals surface area contributed by atoms with Crippen molar-refractivity contribution >= 4 is 15.9 Å². The summed E-state index contributed by atoms with van der Waals surface area (Å²) in [6.07, 6.45) is 4.44. The number of furan rings is 1. The number of sulfonamides is 1. The molecule has 2 rings (SSSR count). The van der Waals surface area contributed by atoms with Crippen LogP contribution in [0.3, 0.4) is 0 Å². The molecule has 1 fully saturated rings. The van der Waals surface area contributed by atoms with Crippen LogP contribution >= 0.6 is 0 Å². The van der Waals surface area contributed by atoms with Gasteiger partial charge in [0.2, 0.25) is 10.0 Å². The van der Waals surface area contributed by atoms with Crippen molar-refractivity contribution in [1.29, 1.82) is 0 Å². The Morgan fingerprint density at radius 1 is 1.45 bits per heavy atom. The first-order chi connectivity index (χ1) is 9.53. The van der Waals surface area contributed by atoms with Crippen molar-refractivity contribution in [3.05, 3.63) is 24.2 Å². The molecule has 0 radical (unpaired) electrons. The van der Waals surface area contributed by atoms with E-state index in [0.717, 1.165) is 12.8 Å². The maximum atomic E-state index is 11.7. The number of nitrogens with one attached hydrogen (secondary N) is 1. The van der Waals surface area contributed by atoms with Crippen molar-refractivity contribution in [2.45, 2.75) is 19.8 Å². The predicted octanol–water partition coefficient (Wildman–Crippen LogP) is 1.07. The fourth-order valence-electron chi connectivity index (χ4n) is 2.31. The van der Waals surface area contributed by atoms with Gasteiger partial charge in [-0.3, -0.25) is 4.79 Å². The Labute approximate surface area is 119 Å². The maximum Gasteiger partial charge on any atom is 0.254 e. The molecule has 112 valence electrons. The van der Waals surface area contributed by atoms with Gasteiger partial charge in [0.25, 0.3) is 5.91 Å². The fourth-order valence-corrected chi connectivity index (χ4v) is 3.44. The van der Waals surface area contributed by atoms with E-state index in [-0.39, 0.29) is 11.7 Å². The summed E-state index contributed by atoms with van der Waals surface area (Å²) in [5, 5.41) is 2.86. The van der Waals surface area contributed by atoms with Crippen molar-refractivity contribution < 1.29 is 17.6 Å². The number of carbonyl (C=O) groups excluding carboxylic acids is 1. The Hall–Kier alpha value is -1.34. The first kappa shape index (κ1) is 15.1. The zero-order valence-corrected chi connectivity index (χ0v) is 12.4. The second kappa shape index (κ2) is 6.41. The van der Waals surface area contributed by atoms with Gasteiger partial charge in [-0.2, -0.15) is 0 Å². The lowest BCUT2D eigenvalue weighted by Gasteiger charge is -2.30. The minimum Gasteiger partial charge on any atom is -0.472 e. The highest BCUT2D eigenvalue weighted by atomic mass is 32.2. The van der Waals surface area contributed by atoms with Gasteiger partial charge >= 0.3 is 0 Å². The summed E-state index contributed by atoms with van der Waals surface area (Å²) >= 11 is 0. The summed E-state index contributed by atoms with van der Waals surface area (Å²) in [5.41, 5.74) is 0.510. The Morgan fingerprint density at radius 2 is 2.15 bits per heavy atom. The topological polar surface area (TPSA) is 79.6 Å². The number of hydrogen-bond donors (Lipinski definition) is 1. The van der Waals surface area contributed by atoms with Gasteiger partial charge in [0.1, 0.15) is 6.26 Å². The quantitative estimate of drug-likeness (QED) is 0.882. The molecular formula is C13H20N2O4S. The third-order valence-corrected chi connectivity index (χ3v) is 5.55. The second-order valence-corrected chi connectivity index (χ2v) is 7.22. The van der Waals surface area contributed by atoms with E-state index in [1.54, 1.807) is 17.3 Å². The van der Waals surface area contributed by atoms with Gasteiger partial charge in [-0.05, 0) is 31.7 Å². The van der Waals surface area contributed by atoms with Gasteiger partial charge < -0.3 is 9.73 Å². The van der Waals surface area contributed by atoms with E-state index in [9.17, 15) is 13.2 Å². The summed E-state index contributed by atoms with van der Waals surface area (Å²) in [6.45, 7) is 3.32. The van der Waals surface area contributed by atoms with Gasteiger partial charge in [-0.25, -0.2) is 12.7 Å². The number of rotatable bonds is 5. The van der Waals surface area contributed by atoms with E-state index >= 15 is 0 Å². The van der Waals surface area contributed by atoms with Crippen molar-refractivity contribution in [2.24, 2.45) is 5.92 Å². The molecule has 0 aromatic carbocycles. The Kier molecular flexibility index (Phi) is 4.82. The minimum atomic E-state index is -3.08. The first-order valence-corrected chi connectivity index (χ1v) is 8.42. The van der Waals surface area contributed by atoms with Crippen LogP contribution in [0.2, 0.25) is 0 Å². The van der Waals surface area contributed by atoms with E-state index in [4.69, 9.17) is 4.42 Å². The number of nitrogens with zero attached hydrogens (tertiary/aromatic N) is 1. The van der Waals surface area contributed by atoms with Gasteiger partial charge in [0, 0.05) is 19.6 Å². The average Bonchev–Trinajstić information content (AvgIpc) is 2.99. The highest BCUT2D eigenvalue weighted by Gasteiger charge is 2.26. The zero-order chi connectivity index (χ0) is 14.6. The molecular weight excluding hydrogens is 280 g/mol. The van der Waals surface area contributed by atoms with Gasteiger partial charge in [0.05, 0.1) is 17.6 Å². The molecule has 0 aliphatic carbocycles. The molecule has 2 heterocycles. The Morgan fingerprint density at radius 3 is 2.70 bits per heavy atom. The summed E-state index contributed by atoms with van der Waals surface area (Å²) in [5.74, 6) is 0.325. The summed E-state index contributed by atoms with van der Waals surface area (Å²) < 4.78 is 29.9. The van der Waals surface area contributed by atoms with E-state index < -0.39 is 10.0 Å². The van der Waals surface area contributed by atoms with E-state index in [1.165, 1.54) is 12.5 Å². The molecule has 0 unspecified atom stereocenters. The van der Waals surface area contributed by atoms with Crippen LogP contribution in [0.4, 0.5) is 0 Å². The van der Waals surface area contributed by atoms with Crippen LogP contribution in [0.25, 0.3) is 0 Å². The van der Waals surface area contributed by atoms with Crippen molar-refractivity contribution in [3.63, 3.8) is 0 Å². The van der Waals surface area contributed by atoms with Crippen LogP contribution in [0.1, 0.15) is 30.1 Å². The average molecular weight is 300 g/mol. The van der Waals surface area contributed by atoms with Crippen LogP contribution in [-0.2, 0) is 10.0 Å². The number of hydrogen-bond acceptors (Lipinski definition) is 4. The van der Waals surface area contributed by atoms with Crippen LogP contribution in [-0.4, -0.2) is 44.0 Å². The third-order valence-electron chi connectivity index (χ3n) is 3.67. The fraction of sp³-hybridized carbons (Fsp3) is 0.615. The van der Waals surface area contributed by atoms with Crippen molar-refractivity contribution in [3.8, 4) is 0 Å². The Balaban J connectivity index is 1.76. The molecule has 0 saturated carbocycles. The molecule has 1 aliphatic rings. The lowest BCUT2D eigenvalue weighted by Crippen LogP contribution is -2.42. The first-order valence-electron chi connectivity index (χ1n) is 6.81. The molecule has 1 amide bonds. The van der Waals surface area contributed by atoms with Crippen LogP contribution < -0.4 is 5.32 Å². The predicted molar refractivity (Wildman–Crippen MR) is 74.8 cm³/mol. The normalized spacial score (nSPS) is 18.1. The molecule has 7 heteroatoms. The number of carbonyl (C=O) groups is 1. The van der Waals surface area contributed by atoms with Gasteiger partial charge in [-0.1, -0.05) is 0 Å². The molecule has 0 bridgehead atoms. The number of amides is 1. The molecule has 0 atom stereocenters. The molecule has 6 nitrogen and oxygen atoms in total. The van der Waals surface area contributed by atoms with Crippen LogP contribution in [0, 0.1) is 5.92 Å². The van der Waals surface area contributed by atoms with Crippen LogP contribution in [0.15, 0.2) is 23.0 Å². The lowest BCUT2D eigenvalue weighted by atomic mass is 9.98. The summed E-state index contributed by atoms with van der Waals surface area (Å²) in [7, 11) is -3.08. The molecule has 1 N–H and O–H groups in total. The lowest BCUT2D eigenvalue weighted by molar-refractivity contribution is 0.0941. The molecule has 1 aromatic rings. The monoisotopic (exact) mass is 300 g/mol. The van der Waals surface area contributed by atoms with E-state index in [1.807, 2.05) is 0 Å². The third kappa shape index (κ3) is 3.61. The Bertz CT molecular complexity index is 531. The zero-order valence-electron chi connectivity index (χ0n) is 11.5. The summed E-state index contributed by atoms with van der Waals surface area (Å²) in [6, 6.07) is 1.62. The largest absolute Gasteiger partial charge is 0.472 e. The van der Waals surface area contributed by atoms with Crippen molar-refractivity contribution in [2.75, 3.05) is 25.4 Å².